The number of carbonyl (C=O) groups is 1. The normalized spacial score (nSPS) is 16.6. The number of carbonyl (C=O) groups excluding carboxylic acids is 1. The molecule has 1 atom stereocenters. The minimum atomic E-state index is 0.331. The summed E-state index contributed by atoms with van der Waals surface area (Å²) in [4.78, 5) is 15.1. The average molecular weight is 374 g/mol. The smallest absolute Gasteiger partial charge is 0.136 e. The number of nitrogens with zero attached hydrogens (tertiary/aromatic N) is 1. The van der Waals surface area contributed by atoms with Crippen molar-refractivity contribution < 1.29 is 9.90 Å². The highest BCUT2D eigenvalue weighted by Crippen LogP contribution is 2.26. The van der Waals surface area contributed by atoms with Crippen molar-refractivity contribution in [2.24, 2.45) is 5.92 Å². The van der Waals surface area contributed by atoms with Crippen molar-refractivity contribution in [2.75, 3.05) is 13.1 Å². The second-order valence-corrected chi connectivity index (χ2v) is 8.25. The van der Waals surface area contributed by atoms with Gasteiger partial charge in [-0.05, 0) is 69.3 Å². The summed E-state index contributed by atoms with van der Waals surface area (Å²) in [5.41, 5.74) is 1.28. The van der Waals surface area contributed by atoms with Crippen molar-refractivity contribution in [3.8, 4) is 5.75 Å². The Morgan fingerprint density at radius 1 is 1.07 bits per heavy atom. The first kappa shape index (κ1) is 21.9. The first-order valence-corrected chi connectivity index (χ1v) is 11.2. The van der Waals surface area contributed by atoms with Gasteiger partial charge in [0.25, 0.3) is 0 Å². The van der Waals surface area contributed by atoms with Gasteiger partial charge in [-0.2, -0.15) is 0 Å². The lowest BCUT2D eigenvalue weighted by Gasteiger charge is -2.32. The molecule has 0 heterocycles. The number of benzene rings is 1. The summed E-state index contributed by atoms with van der Waals surface area (Å²) >= 11 is 0. The monoisotopic (exact) mass is 373 g/mol. The predicted molar refractivity (Wildman–Crippen MR) is 113 cm³/mol. The third kappa shape index (κ3) is 7.65. The maximum atomic E-state index is 12.5. The van der Waals surface area contributed by atoms with Crippen LogP contribution >= 0.6 is 0 Å². The van der Waals surface area contributed by atoms with Crippen LogP contribution in [0.4, 0.5) is 0 Å². The van der Waals surface area contributed by atoms with Crippen LogP contribution < -0.4 is 0 Å². The van der Waals surface area contributed by atoms with Gasteiger partial charge in [0, 0.05) is 18.4 Å². The molecule has 0 aliphatic heterocycles. The number of rotatable bonds is 12. The number of phenolic OH excluding ortho intramolecular Hbond substituents is 1. The Kier molecular flexibility index (Phi) is 9.90. The molecule has 0 bridgehead atoms. The fourth-order valence-electron chi connectivity index (χ4n) is 4.50. The maximum absolute atomic E-state index is 12.5. The van der Waals surface area contributed by atoms with E-state index >= 15 is 0 Å². The molecule has 3 heteroatoms. The molecule has 152 valence electrons. The molecule has 1 N–H and O–H groups in total. The van der Waals surface area contributed by atoms with E-state index in [1.807, 2.05) is 12.1 Å². The van der Waals surface area contributed by atoms with Crippen LogP contribution in [0.15, 0.2) is 24.3 Å². The quantitative estimate of drug-likeness (QED) is 0.507. The van der Waals surface area contributed by atoms with Crippen LogP contribution in [0.2, 0.25) is 0 Å². The van der Waals surface area contributed by atoms with Crippen molar-refractivity contribution >= 4 is 5.78 Å². The third-order valence-corrected chi connectivity index (χ3v) is 5.99. The highest BCUT2D eigenvalue weighted by molar-refractivity contribution is 5.81. The molecule has 1 aromatic rings. The van der Waals surface area contributed by atoms with Crippen LogP contribution in [0.5, 0.6) is 5.75 Å². The molecular weight excluding hydrogens is 334 g/mol. The Morgan fingerprint density at radius 3 is 2.41 bits per heavy atom. The van der Waals surface area contributed by atoms with Gasteiger partial charge in [0.1, 0.15) is 11.5 Å². The molecule has 1 unspecified atom stereocenters. The molecule has 27 heavy (non-hydrogen) atoms. The van der Waals surface area contributed by atoms with Crippen molar-refractivity contribution in [1.29, 1.82) is 0 Å². The zero-order valence-corrected chi connectivity index (χ0v) is 17.5. The number of hydrogen-bond acceptors (Lipinski definition) is 3. The van der Waals surface area contributed by atoms with E-state index in [1.165, 1.54) is 37.7 Å². The summed E-state index contributed by atoms with van der Waals surface area (Å²) < 4.78 is 0. The summed E-state index contributed by atoms with van der Waals surface area (Å²) in [7, 11) is 0. The molecule has 1 aliphatic rings. The molecule has 3 nitrogen and oxygen atoms in total. The summed E-state index contributed by atoms with van der Waals surface area (Å²) in [5.74, 6) is 1.19. The molecule has 1 aromatic carbocycles. The van der Waals surface area contributed by atoms with Crippen LogP contribution in [0, 0.1) is 5.92 Å². The van der Waals surface area contributed by atoms with Gasteiger partial charge in [-0.1, -0.05) is 51.7 Å². The largest absolute Gasteiger partial charge is 0.508 e. The second kappa shape index (κ2) is 12.2. The van der Waals surface area contributed by atoms with Crippen LogP contribution in [0.25, 0.3) is 0 Å². The van der Waals surface area contributed by atoms with Crippen LogP contribution in [-0.4, -0.2) is 34.9 Å². The zero-order chi connectivity index (χ0) is 19.5. The van der Waals surface area contributed by atoms with Crippen LogP contribution in [0.1, 0.15) is 83.6 Å². The van der Waals surface area contributed by atoms with Gasteiger partial charge in [-0.3, -0.25) is 4.79 Å². The Balaban J connectivity index is 1.88. The standard InChI is InChI=1S/C24H39NO2/c1-3-9-22(19-20-13-15-23(26)16-14-20)25(17-4-2)18-8-12-24(27)21-10-6-5-7-11-21/h13-16,21-22,26H,3-12,17-19H2,1-2H3. The van der Waals surface area contributed by atoms with Gasteiger partial charge in [-0.15, -0.1) is 0 Å². The number of Topliss-reactive ketones (excluding diaryl/α,β-unsaturated/α-hetero) is 1. The highest BCUT2D eigenvalue weighted by Gasteiger charge is 2.22. The summed E-state index contributed by atoms with van der Waals surface area (Å²) in [6.45, 7) is 6.61. The van der Waals surface area contributed by atoms with Gasteiger partial charge in [0.05, 0.1) is 0 Å². The maximum Gasteiger partial charge on any atom is 0.136 e. The molecule has 1 fully saturated rings. The van der Waals surface area contributed by atoms with E-state index in [-0.39, 0.29) is 0 Å². The fraction of sp³-hybridized carbons (Fsp3) is 0.708. The topological polar surface area (TPSA) is 40.5 Å². The number of aromatic hydroxyl groups is 1. The van der Waals surface area contributed by atoms with Gasteiger partial charge in [-0.25, -0.2) is 0 Å². The van der Waals surface area contributed by atoms with E-state index in [0.29, 0.717) is 23.5 Å². The van der Waals surface area contributed by atoms with Gasteiger partial charge >= 0.3 is 0 Å². The molecule has 0 aromatic heterocycles. The summed E-state index contributed by atoms with van der Waals surface area (Å²) in [5, 5.41) is 9.52. The van der Waals surface area contributed by atoms with Gasteiger partial charge in [0.15, 0.2) is 0 Å². The van der Waals surface area contributed by atoms with Crippen LogP contribution in [-0.2, 0) is 11.2 Å². The molecule has 0 saturated heterocycles. The highest BCUT2D eigenvalue weighted by atomic mass is 16.3. The molecule has 0 amide bonds. The predicted octanol–water partition coefficient (Wildman–Crippen LogP) is 5.75. The molecule has 0 radical (unpaired) electrons. The van der Waals surface area contributed by atoms with E-state index in [4.69, 9.17) is 0 Å². The van der Waals surface area contributed by atoms with Crippen molar-refractivity contribution in [3.05, 3.63) is 29.8 Å². The Labute approximate surface area is 166 Å². The van der Waals surface area contributed by atoms with Gasteiger partial charge in [0.2, 0.25) is 0 Å². The Morgan fingerprint density at radius 2 is 1.78 bits per heavy atom. The lowest BCUT2D eigenvalue weighted by Crippen LogP contribution is -2.38. The minimum Gasteiger partial charge on any atom is -0.508 e. The Bertz CT molecular complexity index is 534. The van der Waals surface area contributed by atoms with Crippen molar-refractivity contribution in [1.82, 2.24) is 4.90 Å². The van der Waals surface area contributed by atoms with E-state index in [1.54, 1.807) is 12.1 Å². The van der Waals surface area contributed by atoms with Crippen LogP contribution in [0.3, 0.4) is 0 Å². The molecule has 2 rings (SSSR count). The summed E-state index contributed by atoms with van der Waals surface area (Å²) in [6, 6.07) is 8.16. The molecule has 1 aliphatic carbocycles. The summed E-state index contributed by atoms with van der Waals surface area (Å²) in [6.07, 6.45) is 12.3. The average Bonchev–Trinajstić information content (AvgIpc) is 2.69. The van der Waals surface area contributed by atoms with Gasteiger partial charge < -0.3 is 10.0 Å². The molecule has 0 spiro atoms. The molecular formula is C24H39NO2. The first-order chi connectivity index (χ1) is 13.1. The minimum absolute atomic E-state index is 0.331. The zero-order valence-electron chi connectivity index (χ0n) is 17.5. The Hall–Kier alpha value is -1.35. The number of hydrogen-bond donors (Lipinski definition) is 1. The first-order valence-electron chi connectivity index (χ1n) is 11.2. The molecule has 1 saturated carbocycles. The fourth-order valence-corrected chi connectivity index (χ4v) is 4.50. The van der Waals surface area contributed by atoms with E-state index in [2.05, 4.69) is 18.7 Å². The third-order valence-electron chi connectivity index (χ3n) is 5.99. The number of phenols is 1. The second-order valence-electron chi connectivity index (χ2n) is 8.25. The SMILES string of the molecule is CCCC(Cc1ccc(O)cc1)N(CCC)CCCC(=O)C1CCCCC1. The van der Waals surface area contributed by atoms with E-state index in [9.17, 15) is 9.90 Å². The lowest BCUT2D eigenvalue weighted by molar-refractivity contribution is -0.124. The van der Waals surface area contributed by atoms with Crippen molar-refractivity contribution in [2.45, 2.75) is 90.5 Å². The van der Waals surface area contributed by atoms with E-state index in [0.717, 1.165) is 51.6 Å². The lowest BCUT2D eigenvalue weighted by atomic mass is 9.85. The van der Waals surface area contributed by atoms with E-state index < -0.39 is 0 Å². The number of ketones is 1. The van der Waals surface area contributed by atoms with Crippen molar-refractivity contribution in [3.63, 3.8) is 0 Å².